The Bertz CT molecular complexity index is 488. The van der Waals surface area contributed by atoms with Crippen LogP contribution in [-0.4, -0.2) is 48.0 Å². The average molecular weight is 296 g/mol. The predicted molar refractivity (Wildman–Crippen MR) is 77.9 cm³/mol. The fraction of sp³-hybridized carbons (Fsp3) is 0.615. The Morgan fingerprint density at radius 1 is 1.65 bits per heavy atom. The fourth-order valence-corrected chi connectivity index (χ4v) is 2.87. The molecule has 6 nitrogen and oxygen atoms in total. The topological polar surface area (TPSA) is 74.3 Å². The Balaban J connectivity index is 1.83. The van der Waals surface area contributed by atoms with E-state index in [2.05, 4.69) is 15.6 Å². The average Bonchev–Trinajstić information content (AvgIpc) is 2.73. The number of aromatic nitrogens is 1. The highest BCUT2D eigenvalue weighted by atomic mass is 32.1. The van der Waals surface area contributed by atoms with Crippen molar-refractivity contribution < 1.29 is 9.59 Å². The first-order valence-corrected chi connectivity index (χ1v) is 7.65. The molecule has 1 atom stereocenters. The van der Waals surface area contributed by atoms with Crippen LogP contribution in [0.1, 0.15) is 30.0 Å². The van der Waals surface area contributed by atoms with Crippen LogP contribution in [0.15, 0.2) is 5.38 Å². The third kappa shape index (κ3) is 3.93. The Kier molecular flexibility index (Phi) is 4.94. The molecule has 0 aliphatic carbocycles. The van der Waals surface area contributed by atoms with Crippen LogP contribution in [0.4, 0.5) is 4.79 Å². The van der Waals surface area contributed by atoms with Gasteiger partial charge in [0.25, 0.3) is 0 Å². The third-order valence-corrected chi connectivity index (χ3v) is 4.36. The van der Waals surface area contributed by atoms with Gasteiger partial charge in [0.05, 0.1) is 5.01 Å². The van der Waals surface area contributed by atoms with Gasteiger partial charge in [-0.25, -0.2) is 9.78 Å². The van der Waals surface area contributed by atoms with Crippen LogP contribution < -0.4 is 10.6 Å². The molecule has 1 aromatic rings. The SMILES string of the molecule is Cc1csc([C@H](C)CNC(=O)N2CCCNC(=O)C2)n1. The lowest BCUT2D eigenvalue weighted by Gasteiger charge is -2.20. The third-order valence-electron chi connectivity index (χ3n) is 3.17. The number of nitrogens with one attached hydrogen (secondary N) is 2. The molecule has 0 bridgehead atoms. The van der Waals surface area contributed by atoms with E-state index in [0.29, 0.717) is 19.6 Å². The minimum absolute atomic E-state index is 0.0961. The molecule has 3 amide bonds. The van der Waals surface area contributed by atoms with Gasteiger partial charge in [-0.15, -0.1) is 11.3 Å². The largest absolute Gasteiger partial charge is 0.354 e. The molecule has 0 saturated carbocycles. The van der Waals surface area contributed by atoms with Crippen LogP contribution in [0.5, 0.6) is 0 Å². The van der Waals surface area contributed by atoms with Crippen molar-refractivity contribution in [3.05, 3.63) is 16.1 Å². The van der Waals surface area contributed by atoms with E-state index < -0.39 is 0 Å². The first-order chi connectivity index (χ1) is 9.56. The second kappa shape index (κ2) is 6.69. The predicted octanol–water partition coefficient (Wildman–Crippen LogP) is 1.09. The van der Waals surface area contributed by atoms with Crippen LogP contribution in [-0.2, 0) is 4.79 Å². The van der Waals surface area contributed by atoms with Crippen molar-refractivity contribution in [1.82, 2.24) is 20.5 Å². The Hall–Kier alpha value is -1.63. The highest BCUT2D eigenvalue weighted by Crippen LogP contribution is 2.18. The van der Waals surface area contributed by atoms with E-state index in [0.717, 1.165) is 17.1 Å². The van der Waals surface area contributed by atoms with Crippen molar-refractivity contribution in [2.75, 3.05) is 26.2 Å². The summed E-state index contributed by atoms with van der Waals surface area (Å²) in [7, 11) is 0. The molecule has 20 heavy (non-hydrogen) atoms. The summed E-state index contributed by atoms with van der Waals surface area (Å²) in [6.07, 6.45) is 0.792. The maximum absolute atomic E-state index is 12.1. The number of rotatable bonds is 3. The number of aryl methyl sites for hydroxylation is 1. The lowest BCUT2D eigenvalue weighted by atomic mass is 10.2. The van der Waals surface area contributed by atoms with Gasteiger partial charge in [0.15, 0.2) is 0 Å². The number of nitrogens with zero attached hydrogens (tertiary/aromatic N) is 2. The highest BCUT2D eigenvalue weighted by Gasteiger charge is 2.20. The molecule has 7 heteroatoms. The molecule has 1 fully saturated rings. The van der Waals surface area contributed by atoms with Gasteiger partial charge in [-0.05, 0) is 13.3 Å². The summed E-state index contributed by atoms with van der Waals surface area (Å²) < 4.78 is 0. The molecule has 1 aromatic heterocycles. The van der Waals surface area contributed by atoms with Crippen LogP contribution in [0, 0.1) is 6.92 Å². The minimum Gasteiger partial charge on any atom is -0.354 e. The van der Waals surface area contributed by atoms with Crippen LogP contribution in [0.25, 0.3) is 0 Å². The smallest absolute Gasteiger partial charge is 0.317 e. The van der Waals surface area contributed by atoms with Crippen molar-refractivity contribution in [2.45, 2.75) is 26.2 Å². The summed E-state index contributed by atoms with van der Waals surface area (Å²) in [5.41, 5.74) is 1.01. The number of hydrogen-bond acceptors (Lipinski definition) is 4. The summed E-state index contributed by atoms with van der Waals surface area (Å²) in [5.74, 6) is 0.0831. The van der Waals surface area contributed by atoms with Crippen LogP contribution in [0.2, 0.25) is 0 Å². The van der Waals surface area contributed by atoms with Gasteiger partial charge in [0.1, 0.15) is 6.54 Å². The lowest BCUT2D eigenvalue weighted by molar-refractivity contribution is -0.121. The zero-order chi connectivity index (χ0) is 14.5. The molecule has 2 heterocycles. The lowest BCUT2D eigenvalue weighted by Crippen LogP contribution is -2.44. The molecule has 1 aliphatic rings. The summed E-state index contributed by atoms with van der Waals surface area (Å²) in [4.78, 5) is 29.4. The van der Waals surface area contributed by atoms with Crippen molar-refractivity contribution >= 4 is 23.3 Å². The molecular formula is C13H20N4O2S. The van der Waals surface area contributed by atoms with E-state index in [-0.39, 0.29) is 24.4 Å². The molecule has 110 valence electrons. The zero-order valence-corrected chi connectivity index (χ0v) is 12.6. The van der Waals surface area contributed by atoms with Gasteiger partial charge in [-0.3, -0.25) is 4.79 Å². The monoisotopic (exact) mass is 296 g/mol. The summed E-state index contributed by atoms with van der Waals surface area (Å²) in [6, 6.07) is -0.179. The molecule has 0 aromatic carbocycles. The molecule has 2 N–H and O–H groups in total. The van der Waals surface area contributed by atoms with Gasteiger partial charge in [0, 0.05) is 36.6 Å². The first kappa shape index (κ1) is 14.8. The van der Waals surface area contributed by atoms with Crippen molar-refractivity contribution in [3.8, 4) is 0 Å². The minimum atomic E-state index is -0.179. The number of amides is 3. The van der Waals surface area contributed by atoms with Gasteiger partial charge in [0.2, 0.25) is 5.91 Å². The van der Waals surface area contributed by atoms with Gasteiger partial charge < -0.3 is 15.5 Å². The van der Waals surface area contributed by atoms with Crippen LogP contribution >= 0.6 is 11.3 Å². The normalized spacial score (nSPS) is 17.3. The number of hydrogen-bond donors (Lipinski definition) is 2. The number of urea groups is 1. The Morgan fingerprint density at radius 2 is 2.45 bits per heavy atom. The molecule has 0 spiro atoms. The summed E-state index contributed by atoms with van der Waals surface area (Å²) >= 11 is 1.61. The van der Waals surface area contributed by atoms with Crippen molar-refractivity contribution in [1.29, 1.82) is 0 Å². The molecule has 0 unspecified atom stereocenters. The van der Waals surface area contributed by atoms with Crippen molar-refractivity contribution in [3.63, 3.8) is 0 Å². The van der Waals surface area contributed by atoms with Gasteiger partial charge >= 0.3 is 6.03 Å². The van der Waals surface area contributed by atoms with Gasteiger partial charge in [-0.1, -0.05) is 6.92 Å². The van der Waals surface area contributed by atoms with E-state index in [1.165, 1.54) is 0 Å². The second-order valence-corrected chi connectivity index (χ2v) is 5.93. The first-order valence-electron chi connectivity index (χ1n) is 6.77. The van der Waals surface area contributed by atoms with E-state index in [1.807, 2.05) is 19.2 Å². The number of carbonyl (C=O) groups excluding carboxylic acids is 2. The highest BCUT2D eigenvalue weighted by molar-refractivity contribution is 7.09. The Morgan fingerprint density at radius 3 is 3.15 bits per heavy atom. The van der Waals surface area contributed by atoms with Crippen LogP contribution in [0.3, 0.4) is 0 Å². The Labute approximate surface area is 122 Å². The standard InChI is InChI=1S/C13H20N4O2S/c1-9(12-16-10(2)8-20-12)6-15-13(19)17-5-3-4-14-11(18)7-17/h8-9H,3-7H2,1-2H3,(H,14,18)(H,15,19)/t9-/m1/s1. The van der Waals surface area contributed by atoms with E-state index in [9.17, 15) is 9.59 Å². The summed E-state index contributed by atoms with van der Waals surface area (Å²) in [5, 5.41) is 8.67. The second-order valence-electron chi connectivity index (χ2n) is 5.04. The molecule has 1 aliphatic heterocycles. The van der Waals surface area contributed by atoms with Crippen molar-refractivity contribution in [2.24, 2.45) is 0 Å². The maximum atomic E-state index is 12.1. The molecular weight excluding hydrogens is 276 g/mol. The van der Waals surface area contributed by atoms with E-state index >= 15 is 0 Å². The maximum Gasteiger partial charge on any atom is 0.317 e. The molecule has 1 saturated heterocycles. The van der Waals surface area contributed by atoms with Gasteiger partial charge in [-0.2, -0.15) is 0 Å². The fourth-order valence-electron chi connectivity index (χ4n) is 2.02. The quantitative estimate of drug-likeness (QED) is 0.876. The summed E-state index contributed by atoms with van der Waals surface area (Å²) in [6.45, 7) is 5.90. The molecule has 0 radical (unpaired) electrons. The van der Waals surface area contributed by atoms with E-state index in [1.54, 1.807) is 16.2 Å². The zero-order valence-electron chi connectivity index (χ0n) is 11.8. The molecule has 2 rings (SSSR count). The number of carbonyl (C=O) groups is 2. The number of thiazole rings is 1. The van der Waals surface area contributed by atoms with E-state index in [4.69, 9.17) is 0 Å².